The first kappa shape index (κ1) is 12.0. The second kappa shape index (κ2) is 5.21. The Morgan fingerprint density at radius 3 is 2.28 bits per heavy atom. The van der Waals surface area contributed by atoms with Crippen LogP contribution in [0, 0.1) is 6.92 Å². The Morgan fingerprint density at radius 2 is 1.72 bits per heavy atom. The lowest BCUT2D eigenvalue weighted by atomic mass is 10.3. The monoisotopic (exact) mass is 245 g/mol. The van der Waals surface area contributed by atoms with E-state index >= 15 is 0 Å². The van der Waals surface area contributed by atoms with Crippen LogP contribution in [0.15, 0.2) is 12.4 Å². The quantitative estimate of drug-likeness (QED) is 0.788. The van der Waals surface area contributed by atoms with E-state index < -0.39 is 0 Å². The fourth-order valence-electron chi connectivity index (χ4n) is 1.16. The summed E-state index contributed by atoms with van der Waals surface area (Å²) in [5, 5.41) is 17.9. The predicted molar refractivity (Wildman–Crippen MR) is 60.9 cm³/mol. The van der Waals surface area contributed by atoms with Crippen molar-refractivity contribution in [1.82, 2.24) is 35.7 Å². The van der Waals surface area contributed by atoms with Crippen LogP contribution in [0.1, 0.15) is 18.3 Å². The average Bonchev–Trinajstić information content (AvgIpc) is 2.38. The first-order valence-corrected chi connectivity index (χ1v) is 5.25. The van der Waals surface area contributed by atoms with Crippen molar-refractivity contribution in [2.75, 3.05) is 0 Å². The van der Waals surface area contributed by atoms with E-state index in [1.54, 1.807) is 19.3 Å². The Morgan fingerprint density at radius 1 is 1.11 bits per heavy atom. The summed E-state index contributed by atoms with van der Waals surface area (Å²) in [7, 11) is 0. The third-order valence-corrected chi connectivity index (χ3v) is 2.03. The van der Waals surface area contributed by atoms with Crippen LogP contribution in [0.3, 0.4) is 0 Å². The molecule has 8 nitrogen and oxygen atoms in total. The third-order valence-electron chi connectivity index (χ3n) is 2.03. The fraction of sp³-hybridized carbons (Fsp3) is 0.300. The van der Waals surface area contributed by atoms with Crippen molar-refractivity contribution in [1.29, 1.82) is 0 Å². The number of nitrogens with zero attached hydrogens (tertiary/aromatic N) is 6. The molecule has 0 bridgehead atoms. The zero-order valence-electron chi connectivity index (χ0n) is 9.95. The zero-order valence-corrected chi connectivity index (χ0v) is 9.95. The van der Waals surface area contributed by atoms with Gasteiger partial charge in [0, 0.05) is 31.4 Å². The molecule has 1 N–H and O–H groups in total. The Bertz CT molecular complexity index is 537. The largest absolute Gasteiger partial charge is 0.352 e. The number of nitrogens with one attached hydrogen (secondary N) is 1. The molecule has 0 fully saturated rings. The summed E-state index contributed by atoms with van der Waals surface area (Å²) in [5.41, 5.74) is 0.794. The van der Waals surface area contributed by atoms with E-state index in [1.807, 2.05) is 0 Å². The highest BCUT2D eigenvalue weighted by Gasteiger charge is 2.06. The van der Waals surface area contributed by atoms with Gasteiger partial charge in [-0.25, -0.2) is 9.97 Å². The maximum atomic E-state index is 10.7. The van der Waals surface area contributed by atoms with Gasteiger partial charge >= 0.3 is 0 Å². The van der Waals surface area contributed by atoms with Crippen molar-refractivity contribution in [3.05, 3.63) is 23.8 Å². The van der Waals surface area contributed by atoms with Crippen molar-refractivity contribution in [3.63, 3.8) is 0 Å². The van der Waals surface area contributed by atoms with Crippen LogP contribution < -0.4 is 5.32 Å². The standard InChI is InChI=1S/C10H11N7O/c1-6-14-16-10(17-15-6)9-12-4-8(5-13-9)3-11-7(2)18/h4-5H,3H2,1-2H3,(H,11,18). The highest BCUT2D eigenvalue weighted by atomic mass is 16.1. The number of hydrogen-bond donors (Lipinski definition) is 1. The first-order chi connectivity index (χ1) is 8.65. The lowest BCUT2D eigenvalue weighted by molar-refractivity contribution is -0.119. The van der Waals surface area contributed by atoms with E-state index in [0.717, 1.165) is 5.56 Å². The minimum atomic E-state index is -0.102. The van der Waals surface area contributed by atoms with E-state index in [-0.39, 0.29) is 11.7 Å². The molecule has 92 valence electrons. The van der Waals surface area contributed by atoms with Crippen LogP contribution in [0.25, 0.3) is 11.6 Å². The molecular formula is C10H11N7O. The number of carbonyl (C=O) groups is 1. The van der Waals surface area contributed by atoms with Gasteiger partial charge in [0.1, 0.15) is 0 Å². The summed E-state index contributed by atoms with van der Waals surface area (Å²) < 4.78 is 0. The molecule has 0 spiro atoms. The molecule has 2 rings (SSSR count). The SMILES string of the molecule is CC(=O)NCc1cnc(-c2nnc(C)nn2)nc1. The van der Waals surface area contributed by atoms with Crippen LogP contribution >= 0.6 is 0 Å². The van der Waals surface area contributed by atoms with E-state index in [0.29, 0.717) is 18.2 Å². The molecule has 18 heavy (non-hydrogen) atoms. The van der Waals surface area contributed by atoms with Gasteiger partial charge in [-0.05, 0) is 6.92 Å². The number of rotatable bonds is 3. The molecule has 0 aliphatic heterocycles. The molecule has 0 aromatic carbocycles. The summed E-state index contributed by atoms with van der Waals surface area (Å²) in [5.74, 6) is 1.00. The molecule has 2 heterocycles. The summed E-state index contributed by atoms with van der Waals surface area (Å²) in [6.45, 7) is 3.54. The van der Waals surface area contributed by atoms with Crippen LogP contribution in [0.2, 0.25) is 0 Å². The maximum absolute atomic E-state index is 10.7. The molecule has 0 radical (unpaired) electrons. The third kappa shape index (κ3) is 3.00. The van der Waals surface area contributed by atoms with Crippen molar-refractivity contribution in [3.8, 4) is 11.6 Å². The topological polar surface area (TPSA) is 106 Å². The number of carbonyl (C=O) groups excluding carboxylic acids is 1. The summed E-state index contributed by atoms with van der Waals surface area (Å²) >= 11 is 0. The minimum absolute atomic E-state index is 0.102. The molecule has 0 unspecified atom stereocenters. The minimum Gasteiger partial charge on any atom is -0.352 e. The molecule has 2 aromatic rings. The van der Waals surface area contributed by atoms with Crippen molar-refractivity contribution in [2.24, 2.45) is 0 Å². The number of hydrogen-bond acceptors (Lipinski definition) is 7. The van der Waals surface area contributed by atoms with Gasteiger partial charge in [0.15, 0.2) is 5.82 Å². The molecule has 8 heteroatoms. The average molecular weight is 245 g/mol. The molecule has 0 saturated carbocycles. The second-order valence-corrected chi connectivity index (χ2v) is 3.60. The van der Waals surface area contributed by atoms with E-state index in [4.69, 9.17) is 0 Å². The first-order valence-electron chi connectivity index (χ1n) is 5.25. The molecule has 0 aliphatic carbocycles. The number of amides is 1. The van der Waals surface area contributed by atoms with Gasteiger partial charge in [-0.1, -0.05) is 0 Å². The van der Waals surface area contributed by atoms with E-state index in [9.17, 15) is 4.79 Å². The van der Waals surface area contributed by atoms with Gasteiger partial charge < -0.3 is 5.32 Å². The molecule has 0 aliphatic rings. The van der Waals surface area contributed by atoms with Crippen molar-refractivity contribution < 1.29 is 4.79 Å². The van der Waals surface area contributed by atoms with Gasteiger partial charge in [-0.2, -0.15) is 0 Å². The molecule has 1 amide bonds. The highest BCUT2D eigenvalue weighted by Crippen LogP contribution is 2.05. The van der Waals surface area contributed by atoms with Crippen molar-refractivity contribution in [2.45, 2.75) is 20.4 Å². The Kier molecular flexibility index (Phi) is 3.46. The molecular weight excluding hydrogens is 234 g/mol. The van der Waals surface area contributed by atoms with Gasteiger partial charge in [0.2, 0.25) is 17.6 Å². The van der Waals surface area contributed by atoms with Crippen LogP contribution in [-0.4, -0.2) is 36.3 Å². The smallest absolute Gasteiger partial charge is 0.240 e. The van der Waals surface area contributed by atoms with Gasteiger partial charge in [-0.3, -0.25) is 4.79 Å². The zero-order chi connectivity index (χ0) is 13.0. The van der Waals surface area contributed by atoms with E-state index in [1.165, 1.54) is 6.92 Å². The lowest BCUT2D eigenvalue weighted by Crippen LogP contribution is -2.19. The highest BCUT2D eigenvalue weighted by molar-refractivity contribution is 5.72. The summed E-state index contributed by atoms with van der Waals surface area (Å²) in [4.78, 5) is 18.9. The van der Waals surface area contributed by atoms with Crippen LogP contribution in [0.5, 0.6) is 0 Å². The van der Waals surface area contributed by atoms with Gasteiger partial charge in [-0.15, -0.1) is 20.4 Å². The van der Waals surface area contributed by atoms with E-state index in [2.05, 4.69) is 35.7 Å². The second-order valence-electron chi connectivity index (χ2n) is 3.60. The Balaban J connectivity index is 2.12. The molecule has 0 saturated heterocycles. The van der Waals surface area contributed by atoms with Gasteiger partial charge in [0.05, 0.1) is 0 Å². The van der Waals surface area contributed by atoms with Crippen LogP contribution in [-0.2, 0) is 11.3 Å². The lowest BCUT2D eigenvalue weighted by Gasteiger charge is -2.02. The maximum Gasteiger partial charge on any atom is 0.240 e. The fourth-order valence-corrected chi connectivity index (χ4v) is 1.16. The Labute approximate surface area is 103 Å². The summed E-state index contributed by atoms with van der Waals surface area (Å²) in [6.07, 6.45) is 3.20. The summed E-state index contributed by atoms with van der Waals surface area (Å²) in [6, 6.07) is 0. The molecule has 2 aromatic heterocycles. The van der Waals surface area contributed by atoms with Crippen molar-refractivity contribution >= 4 is 5.91 Å². The molecule has 0 atom stereocenters. The van der Waals surface area contributed by atoms with Gasteiger partial charge in [0.25, 0.3) is 0 Å². The van der Waals surface area contributed by atoms with Crippen LogP contribution in [0.4, 0.5) is 0 Å². The Hall–Kier alpha value is -2.51. The number of aromatic nitrogens is 6. The predicted octanol–water partition coefficient (Wildman–Crippen LogP) is -0.332. The number of aryl methyl sites for hydroxylation is 1. The normalized spacial score (nSPS) is 10.1.